The lowest BCUT2D eigenvalue weighted by Crippen LogP contribution is -2.39. The van der Waals surface area contributed by atoms with E-state index in [4.69, 9.17) is 22.4 Å². The predicted molar refractivity (Wildman–Crippen MR) is 128 cm³/mol. The number of fused-ring (bicyclic) bond motifs is 1. The molecule has 0 aliphatic heterocycles. The smallest absolute Gasteiger partial charge is 0.250 e. The summed E-state index contributed by atoms with van der Waals surface area (Å²) in [6, 6.07) is 14.4. The van der Waals surface area contributed by atoms with Gasteiger partial charge in [0.15, 0.2) is 5.65 Å². The number of hydrogen-bond donors (Lipinski definition) is 2. The highest BCUT2D eigenvalue weighted by atomic mass is 35.5. The molecule has 0 saturated heterocycles. The van der Waals surface area contributed by atoms with Gasteiger partial charge in [0.05, 0.1) is 22.5 Å². The molecule has 3 N–H and O–H groups in total. The number of anilines is 2. The third kappa shape index (κ3) is 3.58. The molecule has 0 atom stereocenters. The minimum Gasteiger partial charge on any atom is -0.506 e. The number of benzene rings is 2. The minimum absolute atomic E-state index is 0.0553. The lowest BCUT2D eigenvalue weighted by atomic mass is 10.1. The summed E-state index contributed by atoms with van der Waals surface area (Å²) in [7, 11) is 0. The quantitative estimate of drug-likeness (QED) is 0.418. The van der Waals surface area contributed by atoms with E-state index in [2.05, 4.69) is 16.5 Å². The Morgan fingerprint density at radius 1 is 1.24 bits per heavy atom. The molecule has 1 aliphatic carbocycles. The van der Waals surface area contributed by atoms with Crippen molar-refractivity contribution in [3.8, 4) is 17.0 Å². The Morgan fingerprint density at radius 3 is 2.67 bits per heavy atom. The van der Waals surface area contributed by atoms with E-state index in [9.17, 15) is 9.90 Å². The van der Waals surface area contributed by atoms with E-state index in [1.165, 1.54) is 18.5 Å². The van der Waals surface area contributed by atoms with Crippen LogP contribution in [0.2, 0.25) is 5.02 Å². The normalized spacial score (nSPS) is 14.2. The van der Waals surface area contributed by atoms with Crippen molar-refractivity contribution >= 4 is 40.0 Å². The number of aromatic nitrogens is 4. The summed E-state index contributed by atoms with van der Waals surface area (Å²) in [6.07, 6.45) is 4.34. The largest absolute Gasteiger partial charge is 0.506 e. The van der Waals surface area contributed by atoms with Gasteiger partial charge in [0, 0.05) is 11.3 Å². The second kappa shape index (κ2) is 7.90. The Bertz CT molecular complexity index is 1380. The van der Waals surface area contributed by atoms with E-state index < -0.39 is 5.54 Å². The highest BCUT2D eigenvalue weighted by Gasteiger charge is 2.49. The summed E-state index contributed by atoms with van der Waals surface area (Å²) in [4.78, 5) is 23.1. The van der Waals surface area contributed by atoms with Crippen molar-refractivity contribution in [3.05, 3.63) is 72.5 Å². The van der Waals surface area contributed by atoms with Crippen LogP contribution in [0.4, 0.5) is 11.5 Å². The van der Waals surface area contributed by atoms with Gasteiger partial charge in [-0.05, 0) is 43.2 Å². The standard InChI is InChI=1S/C24H21ClN6O2/c1-2-19(33)30(16-6-4-3-5-7-16)13-24(10-11-24)31-23-20(22(26)27-14-28-23)21(29-31)15-8-9-17(25)18(32)12-15/h2-9,12,14,32H,1,10-11,13H2,(H2,26,27,28). The molecule has 0 spiro atoms. The summed E-state index contributed by atoms with van der Waals surface area (Å²) in [6.45, 7) is 4.06. The van der Waals surface area contributed by atoms with Gasteiger partial charge >= 0.3 is 0 Å². The van der Waals surface area contributed by atoms with Crippen LogP contribution in [0.3, 0.4) is 0 Å². The molecule has 2 heterocycles. The van der Waals surface area contributed by atoms with Gasteiger partial charge in [0.1, 0.15) is 23.6 Å². The maximum absolute atomic E-state index is 12.8. The van der Waals surface area contributed by atoms with Gasteiger partial charge in [-0.15, -0.1) is 0 Å². The van der Waals surface area contributed by atoms with Crippen LogP contribution < -0.4 is 10.6 Å². The Labute approximate surface area is 194 Å². The SMILES string of the molecule is C=CC(=O)N(CC1(n2nc(-c3ccc(Cl)c(O)c3)c3c(N)ncnc32)CC1)c1ccccc1. The number of carbonyl (C=O) groups is 1. The molecule has 1 amide bonds. The fourth-order valence-corrected chi connectivity index (χ4v) is 4.17. The zero-order chi connectivity index (χ0) is 23.2. The molecular formula is C24H21ClN6O2. The molecular weight excluding hydrogens is 440 g/mol. The van der Waals surface area contributed by atoms with Gasteiger partial charge in [-0.25, -0.2) is 14.6 Å². The van der Waals surface area contributed by atoms with Crippen LogP contribution >= 0.6 is 11.6 Å². The molecule has 0 bridgehead atoms. The first kappa shape index (κ1) is 21.0. The lowest BCUT2D eigenvalue weighted by molar-refractivity contribution is -0.114. The first-order valence-electron chi connectivity index (χ1n) is 10.4. The van der Waals surface area contributed by atoms with E-state index in [1.54, 1.807) is 17.0 Å². The number of aromatic hydroxyl groups is 1. The van der Waals surface area contributed by atoms with E-state index in [1.807, 2.05) is 35.0 Å². The molecule has 5 rings (SSSR count). The third-order valence-electron chi connectivity index (χ3n) is 5.95. The molecule has 0 unspecified atom stereocenters. The van der Waals surface area contributed by atoms with Crippen LogP contribution in [0, 0.1) is 0 Å². The molecule has 166 valence electrons. The summed E-state index contributed by atoms with van der Waals surface area (Å²) < 4.78 is 1.84. The van der Waals surface area contributed by atoms with Gasteiger partial charge in [-0.3, -0.25) is 4.79 Å². The van der Waals surface area contributed by atoms with Crippen molar-refractivity contribution in [2.75, 3.05) is 17.2 Å². The number of nitrogen functional groups attached to an aromatic ring is 1. The molecule has 8 nitrogen and oxygen atoms in total. The molecule has 9 heteroatoms. The molecule has 4 aromatic rings. The van der Waals surface area contributed by atoms with Gasteiger partial charge in [-0.2, -0.15) is 5.10 Å². The first-order valence-corrected chi connectivity index (χ1v) is 10.8. The van der Waals surface area contributed by atoms with Crippen LogP contribution in [0.5, 0.6) is 5.75 Å². The Balaban J connectivity index is 1.64. The Morgan fingerprint density at radius 2 is 2.00 bits per heavy atom. The number of amides is 1. The summed E-state index contributed by atoms with van der Waals surface area (Å²) >= 11 is 5.99. The number of phenols is 1. The predicted octanol–water partition coefficient (Wildman–Crippen LogP) is 4.14. The number of rotatable bonds is 6. The fourth-order valence-electron chi connectivity index (χ4n) is 4.06. The van der Waals surface area contributed by atoms with Crippen LogP contribution in [0.25, 0.3) is 22.3 Å². The molecule has 1 fully saturated rings. The molecule has 2 aromatic carbocycles. The highest BCUT2D eigenvalue weighted by Crippen LogP contribution is 2.47. The minimum atomic E-state index is -0.458. The van der Waals surface area contributed by atoms with Gasteiger partial charge in [-0.1, -0.05) is 42.4 Å². The summed E-state index contributed by atoms with van der Waals surface area (Å²) in [5.41, 5.74) is 8.31. The number of nitrogens with two attached hydrogens (primary N) is 1. The maximum Gasteiger partial charge on any atom is 0.250 e. The molecule has 1 aliphatic rings. The van der Waals surface area contributed by atoms with Crippen LogP contribution in [-0.2, 0) is 10.3 Å². The van der Waals surface area contributed by atoms with Crippen LogP contribution in [0.15, 0.2) is 67.5 Å². The van der Waals surface area contributed by atoms with Gasteiger partial charge < -0.3 is 15.7 Å². The molecule has 0 radical (unpaired) electrons. The average Bonchev–Trinajstić information content (AvgIpc) is 3.50. The number of phenolic OH excluding ortho intramolecular Hbond substituents is 1. The van der Waals surface area contributed by atoms with Crippen molar-refractivity contribution in [1.29, 1.82) is 0 Å². The first-order chi connectivity index (χ1) is 15.9. The van der Waals surface area contributed by atoms with Crippen molar-refractivity contribution in [2.24, 2.45) is 0 Å². The lowest BCUT2D eigenvalue weighted by Gasteiger charge is -2.27. The van der Waals surface area contributed by atoms with Gasteiger partial charge in [0.25, 0.3) is 0 Å². The van der Waals surface area contributed by atoms with Crippen LogP contribution in [0.1, 0.15) is 12.8 Å². The molecule has 2 aromatic heterocycles. The van der Waals surface area contributed by atoms with Crippen molar-refractivity contribution in [1.82, 2.24) is 19.7 Å². The average molecular weight is 461 g/mol. The van der Waals surface area contributed by atoms with Crippen LogP contribution in [-0.4, -0.2) is 37.3 Å². The highest BCUT2D eigenvalue weighted by molar-refractivity contribution is 6.32. The van der Waals surface area contributed by atoms with Crippen molar-refractivity contribution < 1.29 is 9.90 Å². The number of nitrogens with zero attached hydrogens (tertiary/aromatic N) is 5. The Kier molecular flexibility index (Phi) is 5.02. The van der Waals surface area contributed by atoms with E-state index in [0.717, 1.165) is 18.5 Å². The third-order valence-corrected chi connectivity index (χ3v) is 6.27. The monoisotopic (exact) mass is 460 g/mol. The number of para-hydroxylation sites is 1. The number of halogens is 1. The van der Waals surface area contributed by atoms with E-state index >= 15 is 0 Å². The van der Waals surface area contributed by atoms with E-state index in [-0.39, 0.29) is 22.5 Å². The zero-order valence-corrected chi connectivity index (χ0v) is 18.4. The number of hydrogen-bond acceptors (Lipinski definition) is 6. The fraction of sp³-hybridized carbons (Fsp3) is 0.167. The van der Waals surface area contributed by atoms with Gasteiger partial charge in [0.2, 0.25) is 5.91 Å². The zero-order valence-electron chi connectivity index (χ0n) is 17.6. The topological polar surface area (TPSA) is 110 Å². The number of carbonyl (C=O) groups excluding carboxylic acids is 1. The summed E-state index contributed by atoms with van der Waals surface area (Å²) in [5, 5.41) is 15.8. The summed E-state index contributed by atoms with van der Waals surface area (Å²) in [5.74, 6) is 0.0368. The maximum atomic E-state index is 12.8. The molecule has 33 heavy (non-hydrogen) atoms. The van der Waals surface area contributed by atoms with Crippen molar-refractivity contribution in [2.45, 2.75) is 18.4 Å². The Hall–Kier alpha value is -3.91. The molecule has 1 saturated carbocycles. The van der Waals surface area contributed by atoms with Crippen molar-refractivity contribution in [3.63, 3.8) is 0 Å². The second-order valence-corrected chi connectivity index (χ2v) is 8.48. The van der Waals surface area contributed by atoms with E-state index in [0.29, 0.717) is 28.8 Å². The second-order valence-electron chi connectivity index (χ2n) is 8.07.